The van der Waals surface area contributed by atoms with Crippen molar-refractivity contribution in [3.63, 3.8) is 0 Å². The van der Waals surface area contributed by atoms with E-state index in [2.05, 4.69) is 37.6 Å². The molecule has 26 heavy (non-hydrogen) atoms. The van der Waals surface area contributed by atoms with E-state index < -0.39 is 11.7 Å². The number of alkyl carbamates (subject to hydrolysis) is 1. The molecule has 0 spiro atoms. The minimum Gasteiger partial charge on any atom is -0.444 e. The zero-order valence-corrected chi connectivity index (χ0v) is 17.4. The maximum absolute atomic E-state index is 11.5. The molecular weight excluding hydrogens is 334 g/mol. The molecule has 0 aliphatic rings. The average Bonchev–Trinajstić information content (AvgIpc) is 2.53. The van der Waals surface area contributed by atoms with Gasteiger partial charge in [-0.25, -0.2) is 4.79 Å². The Morgan fingerprint density at radius 2 is 1.62 bits per heavy atom. The Morgan fingerprint density at radius 3 is 2.00 bits per heavy atom. The van der Waals surface area contributed by atoms with Crippen LogP contribution in [-0.2, 0) is 14.3 Å². The first kappa shape index (κ1) is 28.7. The number of nitrogens with one attached hydrogen (secondary N) is 2. The van der Waals surface area contributed by atoms with Crippen LogP contribution in [0.2, 0.25) is 0 Å². The number of hydrogen-bond donors (Lipinski definition) is 3. The van der Waals surface area contributed by atoms with Gasteiger partial charge in [-0.2, -0.15) is 0 Å². The quantitative estimate of drug-likeness (QED) is 0.443. The summed E-state index contributed by atoms with van der Waals surface area (Å²) in [5.41, 5.74) is 4.64. The van der Waals surface area contributed by atoms with Crippen LogP contribution in [0.4, 0.5) is 4.79 Å². The maximum atomic E-state index is 11.5. The fourth-order valence-electron chi connectivity index (χ4n) is 1.65. The van der Waals surface area contributed by atoms with Crippen molar-refractivity contribution in [2.45, 2.75) is 72.8 Å². The van der Waals surface area contributed by atoms with Crippen molar-refractivity contribution < 1.29 is 22.0 Å². The first-order valence-corrected chi connectivity index (χ1v) is 9.10. The first-order valence-electron chi connectivity index (χ1n) is 9.10. The zero-order chi connectivity index (χ0) is 21.2. The number of nitrogens with two attached hydrogens (primary N) is 1. The summed E-state index contributed by atoms with van der Waals surface area (Å²) < 4.78 is 5.00. The molecule has 0 saturated heterocycles. The van der Waals surface area contributed by atoms with Crippen molar-refractivity contribution in [2.24, 2.45) is 11.7 Å². The lowest BCUT2D eigenvalue weighted by Crippen LogP contribution is -2.40. The van der Waals surface area contributed by atoms with E-state index in [-0.39, 0.29) is 27.1 Å². The van der Waals surface area contributed by atoms with Crippen LogP contribution in [0.3, 0.4) is 0 Å². The number of carbonyl (C=O) groups excluding carboxylic acids is 3. The molecule has 7 nitrogen and oxygen atoms in total. The zero-order valence-electron chi connectivity index (χ0n) is 17.4. The van der Waals surface area contributed by atoms with E-state index in [4.69, 9.17) is 10.5 Å². The van der Waals surface area contributed by atoms with E-state index in [1.54, 1.807) is 20.8 Å². The molecule has 0 saturated carbocycles. The van der Waals surface area contributed by atoms with E-state index >= 15 is 0 Å². The van der Waals surface area contributed by atoms with E-state index in [1.807, 2.05) is 6.92 Å². The Kier molecular flexibility index (Phi) is 19.6. The lowest BCUT2D eigenvalue weighted by Gasteiger charge is -2.19. The molecule has 0 bridgehead atoms. The molecule has 1 unspecified atom stereocenters. The summed E-state index contributed by atoms with van der Waals surface area (Å²) in [4.78, 5) is 33.8. The third kappa shape index (κ3) is 21.9. The van der Waals surface area contributed by atoms with Gasteiger partial charge in [-0.15, -0.1) is 13.2 Å². The van der Waals surface area contributed by atoms with Gasteiger partial charge in [-0.3, -0.25) is 9.59 Å². The number of primary amides is 1. The monoisotopic (exact) mass is 377 g/mol. The fourth-order valence-corrected chi connectivity index (χ4v) is 1.65. The molecule has 7 heteroatoms. The minimum atomic E-state index is -0.627. The highest BCUT2D eigenvalue weighted by Crippen LogP contribution is 2.09. The lowest BCUT2D eigenvalue weighted by atomic mass is 10.00. The van der Waals surface area contributed by atoms with Gasteiger partial charge in [0.2, 0.25) is 11.8 Å². The smallest absolute Gasteiger partial charge is 0.408 e. The van der Waals surface area contributed by atoms with Crippen molar-refractivity contribution in [2.75, 3.05) is 13.1 Å². The van der Waals surface area contributed by atoms with Crippen LogP contribution in [0.25, 0.3) is 0 Å². The van der Waals surface area contributed by atoms with Crippen LogP contribution in [0.1, 0.15) is 70.1 Å². The highest BCUT2D eigenvalue weighted by atomic mass is 16.6. The standard InChI is InChI=1S/C14H27N3O4.C3H8.C2H4.2H2/c1-5-10(12(15)19)7-6-8-16-11(18)9-17-13(20)21-14(2,3)4;1-3-2;1-2;;/h10H,5-9H2,1-4H3,(H2,15,19)(H,16,18)(H,17,20);3H2,1-2H3;1-2H2;2*1H. The SMILES string of the molecule is C=C.CCC.CCC(CCCNC(=O)CNC(=O)OC(C)(C)C)C(N)=O.[HH].[HH]. The van der Waals surface area contributed by atoms with Crippen molar-refractivity contribution in [3.8, 4) is 0 Å². The van der Waals surface area contributed by atoms with E-state index in [0.717, 1.165) is 0 Å². The summed E-state index contributed by atoms with van der Waals surface area (Å²) in [5, 5.41) is 5.03. The Labute approximate surface area is 162 Å². The Hall–Kier alpha value is -2.05. The molecule has 0 rings (SSSR count). The van der Waals surface area contributed by atoms with Gasteiger partial charge >= 0.3 is 6.09 Å². The van der Waals surface area contributed by atoms with E-state index in [0.29, 0.717) is 25.8 Å². The van der Waals surface area contributed by atoms with Gasteiger partial charge in [0, 0.05) is 15.3 Å². The van der Waals surface area contributed by atoms with Crippen LogP contribution in [0.15, 0.2) is 13.2 Å². The van der Waals surface area contributed by atoms with Crippen LogP contribution < -0.4 is 16.4 Å². The van der Waals surface area contributed by atoms with Gasteiger partial charge in [0.15, 0.2) is 0 Å². The van der Waals surface area contributed by atoms with Gasteiger partial charge in [-0.1, -0.05) is 27.2 Å². The summed E-state index contributed by atoms with van der Waals surface area (Å²) in [6.07, 6.45) is 2.63. The van der Waals surface area contributed by atoms with Gasteiger partial charge in [0.1, 0.15) is 5.60 Å². The largest absolute Gasteiger partial charge is 0.444 e. The Bertz CT molecular complexity index is 403. The van der Waals surface area contributed by atoms with Crippen LogP contribution >= 0.6 is 0 Å². The number of ether oxygens (including phenoxy) is 1. The third-order valence-corrected chi connectivity index (χ3v) is 2.74. The number of carbonyl (C=O) groups is 3. The molecular formula is C19H43N3O4. The molecule has 0 aromatic heterocycles. The van der Waals surface area contributed by atoms with Crippen LogP contribution in [0, 0.1) is 5.92 Å². The number of hydrogen-bond acceptors (Lipinski definition) is 4. The second-order valence-electron chi connectivity index (χ2n) is 6.56. The molecule has 1 atom stereocenters. The lowest BCUT2D eigenvalue weighted by molar-refractivity contribution is -0.122. The molecule has 0 aliphatic carbocycles. The third-order valence-electron chi connectivity index (χ3n) is 2.74. The van der Waals surface area contributed by atoms with Crippen LogP contribution in [-0.4, -0.2) is 36.6 Å². The summed E-state index contributed by atoms with van der Waals surface area (Å²) >= 11 is 0. The highest BCUT2D eigenvalue weighted by molar-refractivity contribution is 5.82. The molecule has 0 fully saturated rings. The topological polar surface area (TPSA) is 111 Å². The summed E-state index contributed by atoms with van der Waals surface area (Å²) in [6, 6.07) is 0. The molecule has 158 valence electrons. The molecule has 0 aromatic rings. The van der Waals surface area contributed by atoms with E-state index in [1.165, 1.54) is 6.42 Å². The average molecular weight is 378 g/mol. The van der Waals surface area contributed by atoms with Crippen molar-refractivity contribution in [3.05, 3.63) is 13.2 Å². The van der Waals surface area contributed by atoms with E-state index in [9.17, 15) is 14.4 Å². The first-order chi connectivity index (χ1) is 12.1. The van der Waals surface area contributed by atoms with Crippen molar-refractivity contribution in [1.29, 1.82) is 0 Å². The second-order valence-corrected chi connectivity index (χ2v) is 6.56. The summed E-state index contributed by atoms with van der Waals surface area (Å²) in [6.45, 7) is 17.7. The predicted molar refractivity (Wildman–Crippen MR) is 111 cm³/mol. The highest BCUT2D eigenvalue weighted by Gasteiger charge is 2.16. The predicted octanol–water partition coefficient (Wildman–Crippen LogP) is 3.63. The maximum Gasteiger partial charge on any atom is 0.408 e. The van der Waals surface area contributed by atoms with Gasteiger partial charge in [0.25, 0.3) is 0 Å². The van der Waals surface area contributed by atoms with Gasteiger partial charge in [0.05, 0.1) is 6.54 Å². The molecule has 0 radical (unpaired) electrons. The number of rotatable bonds is 8. The van der Waals surface area contributed by atoms with Crippen LogP contribution in [0.5, 0.6) is 0 Å². The van der Waals surface area contributed by atoms with Gasteiger partial charge in [-0.05, 0) is 40.0 Å². The molecule has 0 aliphatic heterocycles. The number of amides is 3. The second kappa shape index (κ2) is 17.8. The molecule has 4 N–H and O–H groups in total. The Balaban J connectivity index is -0.000000228. The normalized spacial score (nSPS) is 10.8. The van der Waals surface area contributed by atoms with Gasteiger partial charge < -0.3 is 21.1 Å². The molecule has 0 heterocycles. The molecule has 3 amide bonds. The van der Waals surface area contributed by atoms with Crippen molar-refractivity contribution >= 4 is 17.9 Å². The molecule has 0 aromatic carbocycles. The van der Waals surface area contributed by atoms with Crippen molar-refractivity contribution in [1.82, 2.24) is 10.6 Å². The summed E-state index contributed by atoms with van der Waals surface area (Å²) in [5.74, 6) is -0.759. The fraction of sp³-hybridized carbons (Fsp3) is 0.737. The Morgan fingerprint density at radius 1 is 1.12 bits per heavy atom. The summed E-state index contributed by atoms with van der Waals surface area (Å²) in [7, 11) is 0. The minimum absolute atomic E-state index is 0.